The van der Waals surface area contributed by atoms with E-state index < -0.39 is 11.9 Å². The Bertz CT molecular complexity index is 1120. The number of halogens is 3. The minimum absolute atomic E-state index is 0.0607. The largest absolute Gasteiger partial charge is 0.492 e. The summed E-state index contributed by atoms with van der Waals surface area (Å²) in [6, 6.07) is 11.3. The lowest BCUT2D eigenvalue weighted by molar-refractivity contribution is -0.129. The van der Waals surface area contributed by atoms with E-state index in [2.05, 4.69) is 31.8 Å². The number of hydrazone groups is 1. The van der Waals surface area contributed by atoms with Crippen LogP contribution in [0.2, 0.25) is 10.0 Å². The zero-order valence-corrected chi connectivity index (χ0v) is 23.0. The summed E-state index contributed by atoms with van der Waals surface area (Å²) in [6.07, 6.45) is 2.57. The maximum atomic E-state index is 12.7. The number of nitrogens with zero attached hydrogens (tertiary/aromatic N) is 2. The minimum atomic E-state index is -0.727. The fourth-order valence-electron chi connectivity index (χ4n) is 3.05. The van der Waals surface area contributed by atoms with Gasteiger partial charge in [0.2, 0.25) is 5.91 Å². The van der Waals surface area contributed by atoms with E-state index in [1.807, 2.05) is 19.9 Å². The lowest BCUT2D eigenvalue weighted by Crippen LogP contribution is -2.46. The number of amides is 2. The van der Waals surface area contributed by atoms with E-state index in [9.17, 15) is 9.59 Å². The van der Waals surface area contributed by atoms with E-state index in [1.54, 1.807) is 36.4 Å². The summed E-state index contributed by atoms with van der Waals surface area (Å²) in [6.45, 7) is 4.16. The van der Waals surface area contributed by atoms with Crippen molar-refractivity contribution in [3.05, 3.63) is 56.5 Å². The monoisotopic (exact) mass is 596 g/mol. The van der Waals surface area contributed by atoms with Crippen LogP contribution in [0.25, 0.3) is 0 Å². The molecule has 192 valence electrons. The van der Waals surface area contributed by atoms with Crippen molar-refractivity contribution in [2.24, 2.45) is 11.0 Å². The number of rotatable bonds is 13. The maximum absolute atomic E-state index is 12.7. The third-order valence-electron chi connectivity index (χ3n) is 4.70. The van der Waals surface area contributed by atoms with E-state index in [1.165, 1.54) is 6.21 Å². The molecule has 0 aromatic heterocycles. The molecule has 2 aromatic carbocycles. The van der Waals surface area contributed by atoms with E-state index in [-0.39, 0.29) is 31.5 Å². The average molecular weight is 598 g/mol. The fourth-order valence-corrected chi connectivity index (χ4v) is 4.02. The molecule has 2 N–H and O–H groups in total. The van der Waals surface area contributed by atoms with Crippen molar-refractivity contribution >= 4 is 57.2 Å². The van der Waals surface area contributed by atoms with Crippen LogP contribution in [0.3, 0.4) is 0 Å². The first-order valence-corrected chi connectivity index (χ1v) is 12.7. The van der Waals surface area contributed by atoms with Gasteiger partial charge >= 0.3 is 0 Å². The van der Waals surface area contributed by atoms with Crippen LogP contribution < -0.4 is 20.2 Å². The van der Waals surface area contributed by atoms with Gasteiger partial charge in [0.05, 0.1) is 22.3 Å². The van der Waals surface area contributed by atoms with Gasteiger partial charge in [-0.15, -0.1) is 0 Å². The lowest BCUT2D eigenvalue weighted by Gasteiger charge is -2.19. The molecule has 0 radical (unpaired) electrons. The molecule has 2 aromatic rings. The van der Waals surface area contributed by atoms with Crippen LogP contribution in [0.15, 0.2) is 46.0 Å². The molecule has 0 aliphatic carbocycles. The third-order valence-corrected chi connectivity index (χ3v) is 5.85. The first-order chi connectivity index (χ1) is 17.2. The summed E-state index contributed by atoms with van der Waals surface area (Å²) in [5.74, 6) is 0.525. The standard InChI is InChI=1S/C25H27BrCl2N4O4/c1-16(2)12-21(31-24(33)4-3-10-35-23-8-6-18(27)14-20(23)28)25(34)32-30-15-17-5-7-22(19(26)13-17)36-11-9-29/h5-8,13-16,21H,3-4,10-12H2,1-2H3,(H,31,33)(H,32,34)/b30-15-/t21-/m1/s1. The van der Waals surface area contributed by atoms with Gasteiger partial charge in [-0.2, -0.15) is 10.4 Å². The van der Waals surface area contributed by atoms with Crippen LogP contribution in [0.5, 0.6) is 11.5 Å². The van der Waals surface area contributed by atoms with Crippen molar-refractivity contribution in [2.75, 3.05) is 13.2 Å². The number of nitrogens with one attached hydrogen (secondary N) is 2. The van der Waals surface area contributed by atoms with Crippen molar-refractivity contribution in [3.8, 4) is 17.6 Å². The molecule has 8 nitrogen and oxygen atoms in total. The highest BCUT2D eigenvalue weighted by atomic mass is 79.9. The number of nitriles is 1. The summed E-state index contributed by atoms with van der Waals surface area (Å²) in [5.41, 5.74) is 3.19. The number of hydrogen-bond donors (Lipinski definition) is 2. The highest BCUT2D eigenvalue weighted by Crippen LogP contribution is 2.27. The highest BCUT2D eigenvalue weighted by molar-refractivity contribution is 9.10. The molecule has 0 saturated carbocycles. The van der Waals surface area contributed by atoms with Crippen LogP contribution >= 0.6 is 39.1 Å². The molecule has 0 bridgehead atoms. The molecule has 0 aliphatic rings. The predicted octanol–water partition coefficient (Wildman–Crippen LogP) is 5.50. The quantitative estimate of drug-likeness (QED) is 0.180. The van der Waals surface area contributed by atoms with Crippen LogP contribution in [0.4, 0.5) is 0 Å². The Morgan fingerprint density at radius 2 is 1.92 bits per heavy atom. The predicted molar refractivity (Wildman–Crippen MR) is 144 cm³/mol. The number of benzene rings is 2. The minimum Gasteiger partial charge on any atom is -0.492 e. The third kappa shape index (κ3) is 10.4. The summed E-state index contributed by atoms with van der Waals surface area (Å²) in [4.78, 5) is 25.1. The summed E-state index contributed by atoms with van der Waals surface area (Å²) in [7, 11) is 0. The zero-order valence-electron chi connectivity index (χ0n) is 19.9. The molecule has 1 atom stereocenters. The van der Waals surface area contributed by atoms with Crippen molar-refractivity contribution in [1.82, 2.24) is 10.7 Å². The van der Waals surface area contributed by atoms with Crippen LogP contribution in [0.1, 0.15) is 38.7 Å². The summed E-state index contributed by atoms with van der Waals surface area (Å²) in [5, 5.41) is 16.3. The van der Waals surface area contributed by atoms with Gasteiger partial charge in [0.1, 0.15) is 23.6 Å². The van der Waals surface area contributed by atoms with Gasteiger partial charge in [0.25, 0.3) is 5.91 Å². The smallest absolute Gasteiger partial charge is 0.262 e. The molecular formula is C25H27BrCl2N4O4. The molecule has 2 rings (SSSR count). The molecule has 0 aliphatic heterocycles. The Balaban J connectivity index is 1.85. The second-order valence-electron chi connectivity index (χ2n) is 8.15. The Hall–Kier alpha value is -2.80. The lowest BCUT2D eigenvalue weighted by atomic mass is 10.0. The highest BCUT2D eigenvalue weighted by Gasteiger charge is 2.21. The SMILES string of the molecule is CC(C)C[C@@H](NC(=O)CCCOc1ccc(Cl)cc1Cl)C(=O)N/N=C\c1ccc(OCC#N)c(Br)c1. The first kappa shape index (κ1) is 29.4. The number of hydrogen-bond acceptors (Lipinski definition) is 6. The van der Waals surface area contributed by atoms with Crippen molar-refractivity contribution < 1.29 is 19.1 Å². The van der Waals surface area contributed by atoms with Crippen LogP contribution in [0, 0.1) is 17.2 Å². The summed E-state index contributed by atoms with van der Waals surface area (Å²) < 4.78 is 11.5. The molecule has 36 heavy (non-hydrogen) atoms. The molecule has 0 fully saturated rings. The molecule has 0 heterocycles. The van der Waals surface area contributed by atoms with Crippen molar-refractivity contribution in [3.63, 3.8) is 0 Å². The Morgan fingerprint density at radius 3 is 2.58 bits per heavy atom. The Labute approximate surface area is 229 Å². The second kappa shape index (κ2) is 15.3. The van der Waals surface area contributed by atoms with Crippen LogP contribution in [-0.4, -0.2) is 37.3 Å². The zero-order chi connectivity index (χ0) is 26.5. The van der Waals surface area contributed by atoms with Gasteiger partial charge in [-0.05, 0) is 76.7 Å². The molecule has 0 unspecified atom stereocenters. The van der Waals surface area contributed by atoms with Gasteiger partial charge in [-0.3, -0.25) is 9.59 Å². The normalized spacial score (nSPS) is 11.7. The van der Waals surface area contributed by atoms with Gasteiger partial charge in [0, 0.05) is 11.4 Å². The van der Waals surface area contributed by atoms with Gasteiger partial charge < -0.3 is 14.8 Å². The van der Waals surface area contributed by atoms with Gasteiger partial charge in [0.15, 0.2) is 6.61 Å². The van der Waals surface area contributed by atoms with Crippen molar-refractivity contribution in [2.45, 2.75) is 39.2 Å². The molecular weight excluding hydrogens is 571 g/mol. The number of carbonyl (C=O) groups excluding carboxylic acids is 2. The fraction of sp³-hybridized carbons (Fsp3) is 0.360. The summed E-state index contributed by atoms with van der Waals surface area (Å²) >= 11 is 15.3. The number of ether oxygens (including phenoxy) is 2. The second-order valence-corrected chi connectivity index (χ2v) is 9.85. The van der Waals surface area contributed by atoms with Gasteiger partial charge in [-0.1, -0.05) is 37.0 Å². The maximum Gasteiger partial charge on any atom is 0.262 e. The van der Waals surface area contributed by atoms with Crippen molar-refractivity contribution in [1.29, 1.82) is 5.26 Å². The Kier molecular flexibility index (Phi) is 12.5. The van der Waals surface area contributed by atoms with Crippen LogP contribution in [-0.2, 0) is 9.59 Å². The molecule has 0 saturated heterocycles. The molecule has 11 heteroatoms. The topological polar surface area (TPSA) is 113 Å². The van der Waals surface area contributed by atoms with E-state index in [0.717, 1.165) is 0 Å². The molecule has 2 amide bonds. The van der Waals surface area contributed by atoms with E-state index in [0.29, 0.717) is 44.4 Å². The van der Waals surface area contributed by atoms with E-state index >= 15 is 0 Å². The van der Waals surface area contributed by atoms with Gasteiger partial charge in [-0.25, -0.2) is 5.43 Å². The average Bonchev–Trinajstić information content (AvgIpc) is 2.81. The first-order valence-electron chi connectivity index (χ1n) is 11.2. The van der Waals surface area contributed by atoms with E-state index in [4.69, 9.17) is 37.9 Å². The Morgan fingerprint density at radius 1 is 1.17 bits per heavy atom. The molecule has 0 spiro atoms. The number of carbonyl (C=O) groups is 2.